The van der Waals surface area contributed by atoms with E-state index in [1.54, 1.807) is 0 Å². The minimum Gasteiger partial charge on any atom is -1.00 e. The van der Waals surface area contributed by atoms with Gasteiger partial charge in [0, 0.05) is 0 Å². The number of hydrogen-bond donors (Lipinski definition) is 0. The molecular formula is C14H32ClNO. The molecule has 0 unspecified atom stereocenters. The van der Waals surface area contributed by atoms with Gasteiger partial charge in [0.1, 0.15) is 6.61 Å². The fraction of sp³-hybridized carbons (Fsp3) is 1.00. The SMILES string of the molecule is CCCCCCCCCCCO[N+](C)(C)C.[Cl-]. The van der Waals surface area contributed by atoms with Crippen molar-refractivity contribution >= 4 is 0 Å². The Labute approximate surface area is 115 Å². The van der Waals surface area contributed by atoms with Crippen LogP contribution in [0.4, 0.5) is 0 Å². The molecule has 0 aliphatic carbocycles. The highest BCUT2D eigenvalue weighted by atomic mass is 35.5. The Bertz CT molecular complexity index is 146. The van der Waals surface area contributed by atoms with Gasteiger partial charge in [-0.15, -0.1) is 0 Å². The second-order valence-electron chi connectivity index (χ2n) is 5.55. The van der Waals surface area contributed by atoms with Gasteiger partial charge in [0.2, 0.25) is 0 Å². The van der Waals surface area contributed by atoms with E-state index in [0.717, 1.165) is 6.61 Å². The number of quaternary nitrogens is 1. The Balaban J connectivity index is 0. The van der Waals surface area contributed by atoms with Gasteiger partial charge in [0.25, 0.3) is 0 Å². The van der Waals surface area contributed by atoms with Crippen LogP contribution in [0.15, 0.2) is 0 Å². The Morgan fingerprint density at radius 3 is 1.53 bits per heavy atom. The summed E-state index contributed by atoms with van der Waals surface area (Å²) in [5.74, 6) is 0. The first-order valence-electron chi connectivity index (χ1n) is 7.02. The summed E-state index contributed by atoms with van der Waals surface area (Å²) in [4.78, 5) is 5.63. The predicted octanol–water partition coefficient (Wildman–Crippen LogP) is 1.16. The summed E-state index contributed by atoms with van der Waals surface area (Å²) in [6, 6.07) is 0. The van der Waals surface area contributed by atoms with E-state index in [2.05, 4.69) is 28.1 Å². The normalized spacial score (nSPS) is 11.3. The molecule has 0 heterocycles. The zero-order valence-electron chi connectivity index (χ0n) is 12.3. The molecule has 106 valence electrons. The number of hydroxylamine groups is 3. The summed E-state index contributed by atoms with van der Waals surface area (Å²) in [7, 11) is 6.19. The molecule has 0 amide bonds. The van der Waals surface area contributed by atoms with Crippen molar-refractivity contribution in [2.45, 2.75) is 64.7 Å². The Kier molecular flexibility index (Phi) is 14.6. The zero-order valence-corrected chi connectivity index (χ0v) is 13.1. The van der Waals surface area contributed by atoms with Gasteiger partial charge in [-0.05, 0) is 6.42 Å². The van der Waals surface area contributed by atoms with E-state index in [-0.39, 0.29) is 12.4 Å². The molecule has 0 bridgehead atoms. The number of unbranched alkanes of at least 4 members (excludes halogenated alkanes) is 8. The van der Waals surface area contributed by atoms with Crippen molar-refractivity contribution < 1.29 is 21.9 Å². The lowest BCUT2D eigenvalue weighted by atomic mass is 10.1. The molecule has 0 aromatic rings. The van der Waals surface area contributed by atoms with E-state index in [1.807, 2.05) is 0 Å². The standard InChI is InChI=1S/C14H32NO.ClH/c1-5-6-7-8-9-10-11-12-13-14-16-15(2,3)4;/h5-14H2,1-4H3;1H/q+1;/p-1. The van der Waals surface area contributed by atoms with Crippen molar-refractivity contribution in [1.29, 1.82) is 0 Å². The van der Waals surface area contributed by atoms with Crippen molar-refractivity contribution in [2.24, 2.45) is 0 Å². The van der Waals surface area contributed by atoms with Crippen molar-refractivity contribution in [2.75, 3.05) is 27.7 Å². The summed E-state index contributed by atoms with van der Waals surface area (Å²) in [5, 5.41) is 0. The molecule has 17 heavy (non-hydrogen) atoms. The molecule has 0 aromatic heterocycles. The summed E-state index contributed by atoms with van der Waals surface area (Å²) in [6.45, 7) is 3.17. The van der Waals surface area contributed by atoms with Gasteiger partial charge in [-0.1, -0.05) is 58.3 Å². The van der Waals surface area contributed by atoms with Crippen molar-refractivity contribution in [3.05, 3.63) is 0 Å². The van der Waals surface area contributed by atoms with Crippen LogP contribution in [0, 0.1) is 0 Å². The molecule has 3 heteroatoms. The molecule has 0 saturated heterocycles. The Morgan fingerprint density at radius 1 is 0.706 bits per heavy atom. The molecule has 0 fully saturated rings. The molecular weight excluding hydrogens is 234 g/mol. The van der Waals surface area contributed by atoms with Crippen LogP contribution in [0.1, 0.15) is 64.7 Å². The van der Waals surface area contributed by atoms with Crippen molar-refractivity contribution in [3.63, 3.8) is 0 Å². The van der Waals surface area contributed by atoms with Gasteiger partial charge in [-0.3, -0.25) is 0 Å². The fourth-order valence-electron chi connectivity index (χ4n) is 1.75. The monoisotopic (exact) mass is 265 g/mol. The quantitative estimate of drug-likeness (QED) is 0.310. The Morgan fingerprint density at radius 2 is 1.12 bits per heavy atom. The number of halogens is 1. The van der Waals surface area contributed by atoms with E-state index in [9.17, 15) is 0 Å². The Hall–Kier alpha value is 0.210. The van der Waals surface area contributed by atoms with Gasteiger partial charge in [-0.2, -0.15) is 4.65 Å². The predicted molar refractivity (Wildman–Crippen MR) is 71.2 cm³/mol. The average molecular weight is 266 g/mol. The fourth-order valence-corrected chi connectivity index (χ4v) is 1.75. The second kappa shape index (κ2) is 12.7. The first kappa shape index (κ1) is 19.5. The molecule has 0 aromatic carbocycles. The van der Waals surface area contributed by atoms with Crippen LogP contribution in [0.3, 0.4) is 0 Å². The lowest BCUT2D eigenvalue weighted by Crippen LogP contribution is -3.00. The van der Waals surface area contributed by atoms with E-state index < -0.39 is 0 Å². The molecule has 0 N–H and O–H groups in total. The smallest absolute Gasteiger partial charge is 0.106 e. The highest BCUT2D eigenvalue weighted by Gasteiger charge is 2.06. The van der Waals surface area contributed by atoms with Crippen molar-refractivity contribution in [3.8, 4) is 0 Å². The van der Waals surface area contributed by atoms with Gasteiger partial charge in [0.05, 0.1) is 21.1 Å². The molecule has 0 saturated carbocycles. The topological polar surface area (TPSA) is 9.23 Å². The molecule has 0 atom stereocenters. The van der Waals surface area contributed by atoms with Crippen LogP contribution in [0.2, 0.25) is 0 Å². The number of hydrogen-bond acceptors (Lipinski definition) is 1. The molecule has 0 aliphatic heterocycles. The summed E-state index contributed by atoms with van der Waals surface area (Å²) in [5.41, 5.74) is 0. The van der Waals surface area contributed by atoms with Crippen LogP contribution in [0.5, 0.6) is 0 Å². The molecule has 0 rings (SSSR count). The molecule has 2 nitrogen and oxygen atoms in total. The largest absolute Gasteiger partial charge is 1.00 e. The van der Waals surface area contributed by atoms with Crippen LogP contribution in [-0.2, 0) is 4.84 Å². The summed E-state index contributed by atoms with van der Waals surface area (Å²) >= 11 is 0. The average Bonchev–Trinajstić information content (AvgIpc) is 2.19. The second-order valence-corrected chi connectivity index (χ2v) is 5.55. The zero-order chi connectivity index (χ0) is 12.3. The summed E-state index contributed by atoms with van der Waals surface area (Å²) in [6.07, 6.45) is 12.4. The maximum atomic E-state index is 5.63. The minimum absolute atomic E-state index is 0. The molecule has 0 radical (unpaired) electrons. The molecule has 0 spiro atoms. The first-order chi connectivity index (χ1) is 7.56. The summed E-state index contributed by atoms with van der Waals surface area (Å²) < 4.78 is 0.622. The lowest BCUT2D eigenvalue weighted by Gasteiger charge is -2.20. The number of rotatable bonds is 11. The third-order valence-corrected chi connectivity index (χ3v) is 2.73. The third kappa shape index (κ3) is 18.8. The number of nitrogens with zero attached hydrogens (tertiary/aromatic N) is 1. The van der Waals surface area contributed by atoms with Crippen LogP contribution in [-0.4, -0.2) is 32.4 Å². The van der Waals surface area contributed by atoms with Gasteiger partial charge in [0.15, 0.2) is 0 Å². The van der Waals surface area contributed by atoms with E-state index in [1.165, 1.54) is 57.8 Å². The van der Waals surface area contributed by atoms with E-state index in [4.69, 9.17) is 4.84 Å². The third-order valence-electron chi connectivity index (χ3n) is 2.73. The molecule has 0 aliphatic rings. The van der Waals surface area contributed by atoms with Gasteiger partial charge < -0.3 is 12.4 Å². The van der Waals surface area contributed by atoms with Crippen LogP contribution in [0.25, 0.3) is 0 Å². The maximum absolute atomic E-state index is 5.63. The van der Waals surface area contributed by atoms with E-state index >= 15 is 0 Å². The van der Waals surface area contributed by atoms with E-state index in [0.29, 0.717) is 4.65 Å². The highest BCUT2D eigenvalue weighted by Crippen LogP contribution is 2.09. The lowest BCUT2D eigenvalue weighted by molar-refractivity contribution is -1.06. The van der Waals surface area contributed by atoms with Crippen molar-refractivity contribution in [1.82, 2.24) is 0 Å². The van der Waals surface area contributed by atoms with Gasteiger partial charge in [-0.25, -0.2) is 4.84 Å². The first-order valence-corrected chi connectivity index (χ1v) is 7.02. The van der Waals surface area contributed by atoms with Gasteiger partial charge >= 0.3 is 0 Å². The van der Waals surface area contributed by atoms with Crippen LogP contribution < -0.4 is 12.4 Å². The highest BCUT2D eigenvalue weighted by molar-refractivity contribution is 4.46. The maximum Gasteiger partial charge on any atom is 0.106 e. The minimum atomic E-state index is 0. The van der Waals surface area contributed by atoms with Crippen LogP contribution >= 0.6 is 0 Å².